The third-order valence-corrected chi connectivity index (χ3v) is 4.45. The topological polar surface area (TPSA) is 76.7 Å². The van der Waals surface area contributed by atoms with Gasteiger partial charge in [-0.25, -0.2) is 0 Å². The lowest BCUT2D eigenvalue weighted by Gasteiger charge is -2.17. The molecule has 27 heavy (non-hydrogen) atoms. The number of rotatable bonds is 7. The quantitative estimate of drug-likeness (QED) is 0.780. The molecular formula is C21H24N2O4. The maximum absolute atomic E-state index is 12.5. The predicted molar refractivity (Wildman–Crippen MR) is 104 cm³/mol. The molecule has 2 amide bonds. The Labute approximate surface area is 158 Å². The van der Waals surface area contributed by atoms with Crippen LogP contribution in [0.5, 0.6) is 11.5 Å². The second-order valence-electron chi connectivity index (χ2n) is 6.69. The predicted octanol–water partition coefficient (Wildman–Crippen LogP) is 3.76. The Morgan fingerprint density at radius 3 is 2.44 bits per heavy atom. The van der Waals surface area contributed by atoms with Gasteiger partial charge in [-0.2, -0.15) is 0 Å². The molecule has 0 bridgehead atoms. The zero-order valence-corrected chi connectivity index (χ0v) is 15.7. The van der Waals surface area contributed by atoms with Gasteiger partial charge in [0.1, 0.15) is 0 Å². The van der Waals surface area contributed by atoms with E-state index in [0.717, 1.165) is 18.4 Å². The molecule has 6 nitrogen and oxygen atoms in total. The van der Waals surface area contributed by atoms with Crippen LogP contribution < -0.4 is 20.1 Å². The Hall–Kier alpha value is -3.02. The summed E-state index contributed by atoms with van der Waals surface area (Å²) in [6.45, 7) is 3.59. The second-order valence-corrected chi connectivity index (χ2v) is 6.69. The van der Waals surface area contributed by atoms with E-state index in [-0.39, 0.29) is 17.7 Å². The van der Waals surface area contributed by atoms with E-state index in [2.05, 4.69) is 10.6 Å². The first-order valence-corrected chi connectivity index (χ1v) is 9.00. The number of hydrogen-bond donors (Lipinski definition) is 2. The normalized spacial score (nSPS) is 14.2. The second kappa shape index (κ2) is 8.12. The number of para-hydroxylation sites is 2. The van der Waals surface area contributed by atoms with E-state index in [1.807, 2.05) is 25.1 Å². The molecule has 1 aliphatic rings. The van der Waals surface area contributed by atoms with E-state index in [0.29, 0.717) is 22.9 Å². The molecule has 1 unspecified atom stereocenters. The summed E-state index contributed by atoms with van der Waals surface area (Å²) >= 11 is 0. The van der Waals surface area contributed by atoms with E-state index in [4.69, 9.17) is 9.47 Å². The van der Waals surface area contributed by atoms with Crippen molar-refractivity contribution in [2.75, 3.05) is 17.7 Å². The van der Waals surface area contributed by atoms with Gasteiger partial charge >= 0.3 is 0 Å². The maximum atomic E-state index is 12.5. The number of amides is 2. The molecule has 2 aromatic carbocycles. The van der Waals surface area contributed by atoms with E-state index >= 15 is 0 Å². The summed E-state index contributed by atoms with van der Waals surface area (Å²) in [5.74, 6) is 0.942. The molecule has 0 saturated heterocycles. The van der Waals surface area contributed by atoms with Gasteiger partial charge in [0.05, 0.1) is 7.11 Å². The summed E-state index contributed by atoms with van der Waals surface area (Å²) in [5, 5.41) is 5.76. The number of methoxy groups -OCH3 is 1. The zero-order chi connectivity index (χ0) is 19.4. The molecule has 0 radical (unpaired) electrons. The van der Waals surface area contributed by atoms with Crippen molar-refractivity contribution in [2.45, 2.75) is 32.8 Å². The summed E-state index contributed by atoms with van der Waals surface area (Å²) in [6, 6.07) is 12.6. The number of aryl methyl sites for hydroxylation is 1. The highest BCUT2D eigenvalue weighted by atomic mass is 16.5. The van der Waals surface area contributed by atoms with Gasteiger partial charge in [-0.05, 0) is 56.5 Å². The minimum absolute atomic E-state index is 0.0365. The van der Waals surface area contributed by atoms with Crippen molar-refractivity contribution < 1.29 is 19.1 Å². The lowest BCUT2D eigenvalue weighted by atomic mass is 10.1. The summed E-state index contributed by atoms with van der Waals surface area (Å²) in [5.41, 5.74) is 2.26. The van der Waals surface area contributed by atoms with Crippen molar-refractivity contribution in [2.24, 2.45) is 5.92 Å². The summed E-state index contributed by atoms with van der Waals surface area (Å²) < 4.78 is 11.0. The van der Waals surface area contributed by atoms with Crippen molar-refractivity contribution in [3.8, 4) is 11.5 Å². The van der Waals surface area contributed by atoms with Crippen LogP contribution in [0.3, 0.4) is 0 Å². The highest BCUT2D eigenvalue weighted by molar-refractivity contribution is 5.97. The van der Waals surface area contributed by atoms with Crippen LogP contribution in [0.2, 0.25) is 0 Å². The van der Waals surface area contributed by atoms with Crippen molar-refractivity contribution in [1.29, 1.82) is 0 Å². The molecule has 3 rings (SSSR count). The van der Waals surface area contributed by atoms with Gasteiger partial charge in [0.15, 0.2) is 17.6 Å². The van der Waals surface area contributed by atoms with Crippen LogP contribution in [0.1, 0.15) is 25.3 Å². The Morgan fingerprint density at radius 2 is 1.78 bits per heavy atom. The molecule has 2 aromatic rings. The van der Waals surface area contributed by atoms with Crippen LogP contribution in [0.4, 0.5) is 11.4 Å². The molecule has 0 spiro atoms. The first kappa shape index (κ1) is 18.8. The molecule has 142 valence electrons. The van der Waals surface area contributed by atoms with E-state index in [1.54, 1.807) is 38.3 Å². The Bertz CT molecular complexity index is 846. The van der Waals surface area contributed by atoms with Crippen molar-refractivity contribution >= 4 is 23.2 Å². The van der Waals surface area contributed by atoms with E-state index in [9.17, 15) is 9.59 Å². The molecular weight excluding hydrogens is 344 g/mol. The molecule has 6 heteroatoms. The fourth-order valence-corrected chi connectivity index (χ4v) is 2.62. The van der Waals surface area contributed by atoms with Gasteiger partial charge < -0.3 is 20.1 Å². The van der Waals surface area contributed by atoms with E-state index in [1.165, 1.54) is 0 Å². The molecule has 1 atom stereocenters. The van der Waals surface area contributed by atoms with Gasteiger partial charge in [0.2, 0.25) is 5.91 Å². The highest BCUT2D eigenvalue weighted by Crippen LogP contribution is 2.31. The van der Waals surface area contributed by atoms with Crippen LogP contribution in [-0.2, 0) is 9.59 Å². The number of anilines is 2. The minimum atomic E-state index is -0.716. The van der Waals surface area contributed by atoms with Crippen molar-refractivity contribution in [3.05, 3.63) is 48.0 Å². The number of ether oxygens (including phenoxy) is 2. The van der Waals surface area contributed by atoms with Crippen molar-refractivity contribution in [3.63, 3.8) is 0 Å². The monoisotopic (exact) mass is 368 g/mol. The SMILES string of the molecule is COc1ccccc1OC(C)C(=O)Nc1ccc(C)c(NC(=O)C2CC2)c1. The first-order chi connectivity index (χ1) is 13.0. The average Bonchev–Trinajstić information content (AvgIpc) is 3.50. The molecule has 0 aromatic heterocycles. The number of benzene rings is 2. The first-order valence-electron chi connectivity index (χ1n) is 9.00. The van der Waals surface area contributed by atoms with E-state index < -0.39 is 6.10 Å². The van der Waals surface area contributed by atoms with Gasteiger partial charge in [-0.3, -0.25) is 9.59 Å². The number of carbonyl (C=O) groups is 2. The van der Waals surface area contributed by atoms with Gasteiger partial charge in [-0.15, -0.1) is 0 Å². The van der Waals surface area contributed by atoms with Gasteiger partial charge in [0.25, 0.3) is 5.91 Å². The lowest BCUT2D eigenvalue weighted by molar-refractivity contribution is -0.122. The largest absolute Gasteiger partial charge is 0.493 e. The van der Waals surface area contributed by atoms with Crippen LogP contribution in [-0.4, -0.2) is 25.0 Å². The summed E-state index contributed by atoms with van der Waals surface area (Å²) in [7, 11) is 1.55. The van der Waals surface area contributed by atoms with Crippen LogP contribution in [0.25, 0.3) is 0 Å². The third kappa shape index (κ3) is 4.78. The fourth-order valence-electron chi connectivity index (χ4n) is 2.62. The van der Waals surface area contributed by atoms with Gasteiger partial charge in [0, 0.05) is 17.3 Å². The zero-order valence-electron chi connectivity index (χ0n) is 15.7. The summed E-state index contributed by atoms with van der Waals surface area (Å²) in [6.07, 6.45) is 1.17. The fraction of sp³-hybridized carbons (Fsp3) is 0.333. The van der Waals surface area contributed by atoms with Gasteiger partial charge in [-0.1, -0.05) is 18.2 Å². The Balaban J connectivity index is 1.65. The highest BCUT2D eigenvalue weighted by Gasteiger charge is 2.29. The standard InChI is InChI=1S/C21H24N2O4/c1-13-8-11-16(12-17(13)23-21(25)15-9-10-15)22-20(24)14(2)27-19-7-5-4-6-18(19)26-3/h4-8,11-12,14-15H,9-10H2,1-3H3,(H,22,24)(H,23,25). The lowest BCUT2D eigenvalue weighted by Crippen LogP contribution is -2.30. The van der Waals surface area contributed by atoms with Crippen LogP contribution in [0.15, 0.2) is 42.5 Å². The molecule has 0 aliphatic heterocycles. The average molecular weight is 368 g/mol. The van der Waals surface area contributed by atoms with Crippen LogP contribution in [0, 0.1) is 12.8 Å². The Kier molecular flexibility index (Phi) is 5.64. The molecule has 1 fully saturated rings. The molecule has 2 N–H and O–H groups in total. The molecule has 1 saturated carbocycles. The van der Waals surface area contributed by atoms with Crippen LogP contribution >= 0.6 is 0 Å². The molecule has 1 aliphatic carbocycles. The maximum Gasteiger partial charge on any atom is 0.265 e. The number of nitrogens with one attached hydrogen (secondary N) is 2. The number of hydrogen-bond acceptors (Lipinski definition) is 4. The summed E-state index contributed by atoms with van der Waals surface area (Å²) in [4.78, 5) is 24.5. The Morgan fingerprint density at radius 1 is 1.07 bits per heavy atom. The number of carbonyl (C=O) groups excluding carboxylic acids is 2. The smallest absolute Gasteiger partial charge is 0.265 e. The molecule has 0 heterocycles. The minimum Gasteiger partial charge on any atom is -0.493 e. The third-order valence-electron chi connectivity index (χ3n) is 4.45. The van der Waals surface area contributed by atoms with Crippen molar-refractivity contribution in [1.82, 2.24) is 0 Å².